The first-order chi connectivity index (χ1) is 19.3. The second-order valence-electron chi connectivity index (χ2n) is 9.88. The molecule has 0 saturated carbocycles. The second kappa shape index (κ2) is 11.7. The number of pyridine rings is 1. The summed E-state index contributed by atoms with van der Waals surface area (Å²) in [4.78, 5) is 48.4. The Balaban J connectivity index is 1.40. The summed E-state index contributed by atoms with van der Waals surface area (Å²) in [5.74, 6) is -0.852. The van der Waals surface area contributed by atoms with Crippen LogP contribution in [0.25, 0.3) is 11.3 Å². The van der Waals surface area contributed by atoms with Gasteiger partial charge in [-0.1, -0.05) is 30.3 Å². The Hall–Kier alpha value is -4.54. The fourth-order valence-corrected chi connectivity index (χ4v) is 4.77. The summed E-state index contributed by atoms with van der Waals surface area (Å²) >= 11 is 0. The van der Waals surface area contributed by atoms with Crippen molar-refractivity contribution in [2.45, 2.75) is 0 Å². The fourth-order valence-electron chi connectivity index (χ4n) is 4.77. The number of rotatable bonds is 7. The number of nitrogens with zero attached hydrogens (tertiary/aromatic N) is 4. The van der Waals surface area contributed by atoms with Crippen molar-refractivity contribution in [3.8, 4) is 0 Å². The molecule has 2 aromatic carbocycles. The van der Waals surface area contributed by atoms with Gasteiger partial charge in [-0.15, -0.1) is 0 Å². The fraction of sp³-hybridized carbons (Fsp3) is 0.267. The van der Waals surface area contributed by atoms with E-state index in [1.807, 2.05) is 54.6 Å². The summed E-state index contributed by atoms with van der Waals surface area (Å²) in [6.07, 6.45) is 1.50. The number of nitrogens with one attached hydrogen (secondary N) is 2. The van der Waals surface area contributed by atoms with E-state index in [1.165, 1.54) is 19.4 Å². The molecule has 3 aromatic rings. The van der Waals surface area contributed by atoms with Gasteiger partial charge in [-0.3, -0.25) is 14.5 Å². The van der Waals surface area contributed by atoms with E-state index in [-0.39, 0.29) is 17.5 Å². The van der Waals surface area contributed by atoms with Gasteiger partial charge in [-0.25, -0.2) is 9.78 Å². The number of aromatic nitrogens is 1. The summed E-state index contributed by atoms with van der Waals surface area (Å²) < 4.78 is 4.76. The van der Waals surface area contributed by atoms with E-state index in [1.54, 1.807) is 11.9 Å². The van der Waals surface area contributed by atoms with Crippen LogP contribution in [0, 0.1) is 0 Å². The number of amides is 2. The molecule has 0 radical (unpaired) electrons. The molecule has 1 aromatic heterocycles. The lowest BCUT2D eigenvalue weighted by Crippen LogP contribution is -2.48. The van der Waals surface area contributed by atoms with E-state index in [0.717, 1.165) is 43.1 Å². The molecule has 2 aliphatic rings. The zero-order valence-electron chi connectivity index (χ0n) is 22.8. The maximum Gasteiger partial charge on any atom is 0.356 e. The minimum Gasteiger partial charge on any atom is -0.464 e. The van der Waals surface area contributed by atoms with Gasteiger partial charge in [-0.05, 0) is 42.9 Å². The first-order valence-corrected chi connectivity index (χ1v) is 13.1. The molecule has 0 atom stereocenters. The molecule has 40 heavy (non-hydrogen) atoms. The monoisotopic (exact) mass is 540 g/mol. The van der Waals surface area contributed by atoms with Gasteiger partial charge in [0.1, 0.15) is 5.69 Å². The molecule has 3 heterocycles. The molecule has 2 amide bonds. The molecule has 1 saturated heterocycles. The van der Waals surface area contributed by atoms with Gasteiger partial charge < -0.3 is 25.2 Å². The SMILES string of the molecule is COC(=O)c1cc2c(cn1)C(=C(Nc1ccc(N(C)C(=O)CN3CCN(C)CC3)cc1)c1ccccc1)C(=O)N2. The van der Waals surface area contributed by atoms with Crippen molar-refractivity contribution in [3.63, 3.8) is 0 Å². The summed E-state index contributed by atoms with van der Waals surface area (Å²) in [6.45, 7) is 4.07. The summed E-state index contributed by atoms with van der Waals surface area (Å²) in [7, 11) is 5.16. The van der Waals surface area contributed by atoms with Gasteiger partial charge in [-0.2, -0.15) is 0 Å². The standard InChI is InChI=1S/C30H32N6O4/c1-34-13-15-36(16-14-34)19-26(37)35(2)22-11-9-21(10-12-22)32-28(20-7-5-4-6-8-20)27-23-18-31-25(30(39)40-3)17-24(23)33-29(27)38/h4-12,17-18,32H,13-16,19H2,1-3H3,(H,33,38). The van der Waals surface area contributed by atoms with Gasteiger partial charge in [0.2, 0.25) is 5.91 Å². The van der Waals surface area contributed by atoms with E-state index in [9.17, 15) is 14.4 Å². The predicted octanol–water partition coefficient (Wildman–Crippen LogP) is 3.01. The summed E-state index contributed by atoms with van der Waals surface area (Å²) in [6, 6.07) is 18.6. The molecule has 2 N–H and O–H groups in total. The van der Waals surface area contributed by atoms with E-state index in [2.05, 4.69) is 32.5 Å². The first kappa shape index (κ1) is 27.0. The highest BCUT2D eigenvalue weighted by atomic mass is 16.5. The number of carbonyl (C=O) groups excluding carboxylic acids is 3. The van der Waals surface area contributed by atoms with Crippen LogP contribution in [0.1, 0.15) is 21.6 Å². The van der Waals surface area contributed by atoms with Crippen LogP contribution in [-0.2, 0) is 14.3 Å². The number of anilines is 3. The minimum atomic E-state index is -0.581. The van der Waals surface area contributed by atoms with Crippen molar-refractivity contribution in [1.82, 2.24) is 14.8 Å². The zero-order chi connectivity index (χ0) is 28.2. The normalized spacial score (nSPS) is 16.6. The van der Waals surface area contributed by atoms with Gasteiger partial charge in [0.25, 0.3) is 5.91 Å². The van der Waals surface area contributed by atoms with Crippen LogP contribution in [0.15, 0.2) is 66.9 Å². The number of esters is 1. The third-order valence-corrected chi connectivity index (χ3v) is 7.21. The van der Waals surface area contributed by atoms with Crippen LogP contribution in [0.4, 0.5) is 17.1 Å². The lowest BCUT2D eigenvalue weighted by Gasteiger charge is -2.32. The number of fused-ring (bicyclic) bond motifs is 1. The minimum absolute atomic E-state index is 0.0374. The van der Waals surface area contributed by atoms with Crippen LogP contribution >= 0.6 is 0 Å². The summed E-state index contributed by atoms with van der Waals surface area (Å²) in [5.41, 5.74) is 4.51. The molecule has 10 heteroatoms. The topological polar surface area (TPSA) is 107 Å². The van der Waals surface area contributed by atoms with Crippen molar-refractivity contribution in [2.75, 3.05) is 69.5 Å². The zero-order valence-corrected chi connectivity index (χ0v) is 22.8. The molecule has 0 unspecified atom stereocenters. The van der Waals surface area contributed by atoms with Crippen molar-refractivity contribution >= 4 is 46.1 Å². The number of methoxy groups -OCH3 is 1. The summed E-state index contributed by atoms with van der Waals surface area (Å²) in [5, 5.41) is 6.25. The van der Waals surface area contributed by atoms with Crippen LogP contribution in [0.2, 0.25) is 0 Å². The van der Waals surface area contributed by atoms with Crippen molar-refractivity contribution in [2.24, 2.45) is 0 Å². The van der Waals surface area contributed by atoms with Crippen molar-refractivity contribution in [3.05, 3.63) is 83.7 Å². The maximum atomic E-state index is 13.2. The number of hydrogen-bond acceptors (Lipinski definition) is 8. The van der Waals surface area contributed by atoms with E-state index in [4.69, 9.17) is 4.74 Å². The number of piperazine rings is 1. The number of hydrogen-bond donors (Lipinski definition) is 2. The van der Waals surface area contributed by atoms with E-state index >= 15 is 0 Å². The second-order valence-corrected chi connectivity index (χ2v) is 9.88. The predicted molar refractivity (Wildman–Crippen MR) is 155 cm³/mol. The number of likely N-dealkylation sites (N-methyl/N-ethyl adjacent to an activating group) is 2. The van der Waals surface area contributed by atoms with E-state index in [0.29, 0.717) is 29.1 Å². The lowest BCUT2D eigenvalue weighted by atomic mass is 10.0. The highest BCUT2D eigenvalue weighted by Gasteiger charge is 2.30. The average molecular weight is 541 g/mol. The third-order valence-electron chi connectivity index (χ3n) is 7.21. The quantitative estimate of drug-likeness (QED) is 0.348. The molecule has 0 bridgehead atoms. The Morgan fingerprint density at radius 2 is 1.75 bits per heavy atom. The van der Waals surface area contributed by atoms with Crippen LogP contribution in [-0.4, -0.2) is 86.5 Å². The number of benzene rings is 2. The van der Waals surface area contributed by atoms with Crippen LogP contribution < -0.4 is 15.5 Å². The number of ether oxygens (including phenoxy) is 1. The molecule has 206 valence electrons. The molecular weight excluding hydrogens is 508 g/mol. The first-order valence-electron chi connectivity index (χ1n) is 13.1. The number of carbonyl (C=O) groups is 3. The Morgan fingerprint density at radius 3 is 2.42 bits per heavy atom. The van der Waals surface area contributed by atoms with E-state index < -0.39 is 5.97 Å². The highest BCUT2D eigenvalue weighted by Crippen LogP contribution is 2.37. The molecule has 0 aliphatic carbocycles. The highest BCUT2D eigenvalue weighted by molar-refractivity contribution is 6.37. The average Bonchev–Trinajstić information content (AvgIpc) is 3.31. The van der Waals surface area contributed by atoms with Crippen LogP contribution in [0.5, 0.6) is 0 Å². The smallest absolute Gasteiger partial charge is 0.356 e. The molecular formula is C30H32N6O4. The van der Waals surface area contributed by atoms with Gasteiger partial charge in [0, 0.05) is 56.4 Å². The molecule has 1 fully saturated rings. The molecule has 10 nitrogen and oxygen atoms in total. The molecule has 2 aliphatic heterocycles. The maximum absolute atomic E-state index is 13.2. The van der Waals surface area contributed by atoms with Gasteiger partial charge >= 0.3 is 5.97 Å². The Morgan fingerprint density at radius 1 is 1.05 bits per heavy atom. The van der Waals surface area contributed by atoms with Gasteiger partial charge in [0.05, 0.1) is 30.6 Å². The third kappa shape index (κ3) is 5.73. The largest absolute Gasteiger partial charge is 0.464 e. The molecule has 0 spiro atoms. The Labute approximate surface area is 233 Å². The lowest BCUT2D eigenvalue weighted by molar-refractivity contribution is -0.119. The van der Waals surface area contributed by atoms with Crippen molar-refractivity contribution in [1.29, 1.82) is 0 Å². The van der Waals surface area contributed by atoms with Gasteiger partial charge in [0.15, 0.2) is 0 Å². The van der Waals surface area contributed by atoms with Crippen molar-refractivity contribution < 1.29 is 19.1 Å². The van der Waals surface area contributed by atoms with Crippen LogP contribution in [0.3, 0.4) is 0 Å². The Bertz CT molecular complexity index is 1450. The molecule has 5 rings (SSSR count). The Kier molecular flexibility index (Phi) is 7.90.